The fourth-order valence-corrected chi connectivity index (χ4v) is 3.04. The number of aryl methyl sites for hydroxylation is 1. The molecule has 26 heavy (non-hydrogen) atoms. The molecule has 0 fully saturated rings. The van der Waals surface area contributed by atoms with Crippen LogP contribution in [0, 0.1) is 5.82 Å². The molecule has 0 aromatic heterocycles. The van der Waals surface area contributed by atoms with Gasteiger partial charge in [0.05, 0.1) is 0 Å². The Bertz CT molecular complexity index is 835. The summed E-state index contributed by atoms with van der Waals surface area (Å²) in [5.74, 6) is -0.186. The highest BCUT2D eigenvalue weighted by Crippen LogP contribution is 2.29. The molecule has 0 aliphatic carbocycles. The van der Waals surface area contributed by atoms with Gasteiger partial charge in [-0.1, -0.05) is 68.8 Å². The van der Waals surface area contributed by atoms with Crippen LogP contribution < -0.4 is 5.32 Å². The molecule has 3 aromatic rings. The van der Waals surface area contributed by atoms with Crippen LogP contribution in [-0.2, 0) is 6.42 Å². The summed E-state index contributed by atoms with van der Waals surface area (Å²) in [5, 5.41) is 3.39. The summed E-state index contributed by atoms with van der Waals surface area (Å²) in [7, 11) is 0. The highest BCUT2D eigenvalue weighted by Gasteiger charge is 2.08. The van der Waals surface area contributed by atoms with E-state index in [2.05, 4.69) is 43.4 Å². The van der Waals surface area contributed by atoms with Gasteiger partial charge in [-0.3, -0.25) is 0 Å². The van der Waals surface area contributed by atoms with Gasteiger partial charge in [0.2, 0.25) is 0 Å². The van der Waals surface area contributed by atoms with E-state index in [4.69, 9.17) is 0 Å². The maximum Gasteiger partial charge on any atom is 0.131 e. The third kappa shape index (κ3) is 4.32. The van der Waals surface area contributed by atoms with Crippen LogP contribution >= 0.6 is 0 Å². The maximum atomic E-state index is 14.7. The number of anilines is 1. The monoisotopic (exact) mass is 347 g/mol. The first kappa shape index (κ1) is 18.2. The maximum absolute atomic E-state index is 14.7. The van der Waals surface area contributed by atoms with Gasteiger partial charge in [-0.15, -0.1) is 0 Å². The smallest absolute Gasteiger partial charge is 0.131 e. The number of hydrogen-bond donors (Lipinski definition) is 1. The van der Waals surface area contributed by atoms with Crippen LogP contribution in [-0.4, -0.2) is 6.54 Å². The van der Waals surface area contributed by atoms with Crippen LogP contribution in [0.3, 0.4) is 0 Å². The molecule has 0 aliphatic heterocycles. The van der Waals surface area contributed by atoms with Gasteiger partial charge in [0.25, 0.3) is 0 Å². The minimum absolute atomic E-state index is 0.186. The lowest BCUT2D eigenvalue weighted by atomic mass is 9.98. The molecule has 0 amide bonds. The minimum atomic E-state index is -0.186. The van der Waals surface area contributed by atoms with Crippen molar-refractivity contribution in [2.75, 3.05) is 11.9 Å². The van der Waals surface area contributed by atoms with Gasteiger partial charge in [0.1, 0.15) is 5.82 Å². The first-order chi connectivity index (χ1) is 12.7. The summed E-state index contributed by atoms with van der Waals surface area (Å²) >= 11 is 0. The van der Waals surface area contributed by atoms with E-state index < -0.39 is 0 Å². The predicted octanol–water partition coefficient (Wildman–Crippen LogP) is 6.93. The summed E-state index contributed by atoms with van der Waals surface area (Å²) < 4.78 is 14.7. The van der Waals surface area contributed by atoms with E-state index in [0.29, 0.717) is 5.56 Å². The predicted molar refractivity (Wildman–Crippen MR) is 110 cm³/mol. The number of hydrogen-bond acceptors (Lipinski definition) is 1. The number of benzene rings is 3. The van der Waals surface area contributed by atoms with Crippen LogP contribution in [0.25, 0.3) is 22.3 Å². The normalized spacial score (nSPS) is 10.7. The third-order valence-corrected chi connectivity index (χ3v) is 4.72. The fourth-order valence-electron chi connectivity index (χ4n) is 3.04. The SMILES string of the molecule is CCCCNc1ccc(-c2ccc(-c3ccc(CC)cc3)cc2F)cc1. The van der Waals surface area contributed by atoms with Gasteiger partial charge >= 0.3 is 0 Å². The Morgan fingerprint density at radius 1 is 0.769 bits per heavy atom. The molecule has 2 heteroatoms. The van der Waals surface area contributed by atoms with Crippen LogP contribution in [0.4, 0.5) is 10.1 Å². The van der Waals surface area contributed by atoms with E-state index in [1.54, 1.807) is 6.07 Å². The lowest BCUT2D eigenvalue weighted by Crippen LogP contribution is -2.00. The van der Waals surface area contributed by atoms with Gasteiger partial charge in [0.15, 0.2) is 0 Å². The molecule has 0 spiro atoms. The molecule has 0 aliphatic rings. The van der Waals surface area contributed by atoms with Gasteiger partial charge < -0.3 is 5.32 Å². The van der Waals surface area contributed by atoms with Crippen molar-refractivity contribution in [2.45, 2.75) is 33.1 Å². The third-order valence-electron chi connectivity index (χ3n) is 4.72. The van der Waals surface area contributed by atoms with Gasteiger partial charge in [-0.2, -0.15) is 0 Å². The standard InChI is InChI=1S/C24H26FN/c1-3-5-16-26-22-13-10-20(11-14-22)23-15-12-21(17-24(23)25)19-8-6-18(4-2)7-9-19/h6-15,17,26H,3-5,16H2,1-2H3. The van der Waals surface area contributed by atoms with E-state index in [1.165, 1.54) is 12.0 Å². The van der Waals surface area contributed by atoms with E-state index in [9.17, 15) is 4.39 Å². The molecule has 3 aromatic carbocycles. The molecule has 134 valence electrons. The van der Waals surface area contributed by atoms with Crippen LogP contribution in [0.5, 0.6) is 0 Å². The molecule has 1 nitrogen and oxygen atoms in total. The molecule has 0 saturated heterocycles. The zero-order valence-corrected chi connectivity index (χ0v) is 15.6. The van der Waals surface area contributed by atoms with Crippen molar-refractivity contribution in [2.24, 2.45) is 0 Å². The van der Waals surface area contributed by atoms with Gasteiger partial charge in [-0.05, 0) is 53.3 Å². The summed E-state index contributed by atoms with van der Waals surface area (Å²) in [6, 6.07) is 21.8. The van der Waals surface area contributed by atoms with Crippen molar-refractivity contribution < 1.29 is 4.39 Å². The Morgan fingerprint density at radius 3 is 2.04 bits per heavy atom. The highest BCUT2D eigenvalue weighted by molar-refractivity contribution is 5.72. The number of unbranched alkanes of at least 4 members (excludes halogenated alkanes) is 1. The highest BCUT2D eigenvalue weighted by atomic mass is 19.1. The number of rotatable bonds is 7. The lowest BCUT2D eigenvalue weighted by Gasteiger charge is -2.09. The van der Waals surface area contributed by atoms with Crippen LogP contribution in [0.15, 0.2) is 66.7 Å². The first-order valence-electron chi connectivity index (χ1n) is 9.44. The van der Waals surface area contributed by atoms with E-state index in [-0.39, 0.29) is 5.82 Å². The topological polar surface area (TPSA) is 12.0 Å². The summed E-state index contributed by atoms with van der Waals surface area (Å²) in [6.45, 7) is 5.28. The molecule has 0 unspecified atom stereocenters. The average Bonchev–Trinajstić information content (AvgIpc) is 2.69. The van der Waals surface area contributed by atoms with Crippen LogP contribution in [0.1, 0.15) is 32.3 Å². The molecule has 3 rings (SSSR count). The second-order valence-electron chi connectivity index (χ2n) is 6.60. The lowest BCUT2D eigenvalue weighted by molar-refractivity contribution is 0.632. The van der Waals surface area contributed by atoms with Crippen molar-refractivity contribution in [3.05, 3.63) is 78.1 Å². The zero-order chi connectivity index (χ0) is 18.4. The molecule has 0 atom stereocenters. The summed E-state index contributed by atoms with van der Waals surface area (Å²) in [4.78, 5) is 0. The van der Waals surface area contributed by atoms with E-state index >= 15 is 0 Å². The molecule has 0 saturated carbocycles. The van der Waals surface area contributed by atoms with Crippen molar-refractivity contribution in [1.29, 1.82) is 0 Å². The Hall–Kier alpha value is -2.61. The summed E-state index contributed by atoms with van der Waals surface area (Å²) in [6.07, 6.45) is 3.33. The second-order valence-corrected chi connectivity index (χ2v) is 6.60. The Kier molecular flexibility index (Phi) is 6.06. The number of halogens is 1. The molecular formula is C24H26FN. The quantitative estimate of drug-likeness (QED) is 0.457. The molecule has 0 radical (unpaired) electrons. The molecular weight excluding hydrogens is 321 g/mol. The molecule has 0 heterocycles. The second kappa shape index (κ2) is 8.66. The average molecular weight is 347 g/mol. The Balaban J connectivity index is 1.78. The van der Waals surface area contributed by atoms with E-state index in [0.717, 1.165) is 41.8 Å². The van der Waals surface area contributed by atoms with Crippen molar-refractivity contribution in [1.82, 2.24) is 0 Å². The Labute approximate surface area is 155 Å². The van der Waals surface area contributed by atoms with Gasteiger partial charge in [0, 0.05) is 17.8 Å². The molecule has 1 N–H and O–H groups in total. The molecule has 0 bridgehead atoms. The first-order valence-corrected chi connectivity index (χ1v) is 9.44. The van der Waals surface area contributed by atoms with Crippen LogP contribution in [0.2, 0.25) is 0 Å². The minimum Gasteiger partial charge on any atom is -0.385 e. The Morgan fingerprint density at radius 2 is 1.42 bits per heavy atom. The van der Waals surface area contributed by atoms with Gasteiger partial charge in [-0.25, -0.2) is 4.39 Å². The fraction of sp³-hybridized carbons (Fsp3) is 0.250. The van der Waals surface area contributed by atoms with Crippen molar-refractivity contribution in [3.63, 3.8) is 0 Å². The number of nitrogens with one attached hydrogen (secondary N) is 1. The van der Waals surface area contributed by atoms with Crippen molar-refractivity contribution in [3.8, 4) is 22.3 Å². The summed E-state index contributed by atoms with van der Waals surface area (Å²) in [5.41, 5.74) is 5.86. The zero-order valence-electron chi connectivity index (χ0n) is 15.6. The van der Waals surface area contributed by atoms with E-state index in [1.807, 2.05) is 36.4 Å². The van der Waals surface area contributed by atoms with Crippen molar-refractivity contribution >= 4 is 5.69 Å². The largest absolute Gasteiger partial charge is 0.385 e.